The Balaban J connectivity index is 1.41. The van der Waals surface area contributed by atoms with Gasteiger partial charge in [-0.25, -0.2) is 0 Å². The van der Waals surface area contributed by atoms with Gasteiger partial charge < -0.3 is 4.74 Å². The predicted molar refractivity (Wildman–Crippen MR) is 143 cm³/mol. The molecule has 1 fully saturated rings. The van der Waals surface area contributed by atoms with Crippen LogP contribution < -0.4 is 14.2 Å². The van der Waals surface area contributed by atoms with Crippen LogP contribution in [0.5, 0.6) is 5.75 Å². The Hall–Kier alpha value is -3.34. The van der Waals surface area contributed by atoms with Crippen molar-refractivity contribution in [1.82, 2.24) is 4.72 Å². The predicted octanol–water partition coefficient (Wildman–Crippen LogP) is 5.72. The SMILES string of the molecule is COc1ccccc1CCCC1(c2ccccc2)CCC(NS(=O)(=O)Nc2cccc(C#N)c2)CC1. The molecule has 0 saturated heterocycles. The van der Waals surface area contributed by atoms with Crippen LogP contribution in [0.4, 0.5) is 5.69 Å². The third kappa shape index (κ3) is 6.45. The number of benzene rings is 3. The monoisotopic (exact) mass is 503 g/mol. The summed E-state index contributed by atoms with van der Waals surface area (Å²) >= 11 is 0. The quantitative estimate of drug-likeness (QED) is 0.370. The van der Waals surface area contributed by atoms with Crippen molar-refractivity contribution in [3.05, 3.63) is 95.6 Å². The second-order valence-corrected chi connectivity index (χ2v) is 10.9. The molecule has 0 spiro atoms. The summed E-state index contributed by atoms with van der Waals surface area (Å²) in [6, 6.07) is 27.2. The molecule has 0 aliphatic heterocycles. The topological polar surface area (TPSA) is 91.2 Å². The molecule has 4 rings (SSSR count). The molecular formula is C29H33N3O3S. The lowest BCUT2D eigenvalue weighted by atomic mass is 9.65. The highest BCUT2D eigenvalue weighted by molar-refractivity contribution is 7.90. The standard InChI is InChI=1S/C29H33N3O3S/c1-35-28-15-6-5-10-24(28)11-8-18-29(25-12-3-2-4-13-25)19-16-26(17-20-29)31-36(33,34)32-27-14-7-9-23(21-27)22-30/h2-7,9-10,12-15,21,26,31-32H,8,11,16-20H2,1H3. The van der Waals surface area contributed by atoms with Gasteiger partial charge in [0.05, 0.1) is 24.4 Å². The van der Waals surface area contributed by atoms with Gasteiger partial charge in [-0.1, -0.05) is 54.6 Å². The van der Waals surface area contributed by atoms with E-state index in [4.69, 9.17) is 10.00 Å². The van der Waals surface area contributed by atoms with Gasteiger partial charge >= 0.3 is 0 Å². The first-order chi connectivity index (χ1) is 17.4. The van der Waals surface area contributed by atoms with Crippen molar-refractivity contribution < 1.29 is 13.2 Å². The van der Waals surface area contributed by atoms with Crippen molar-refractivity contribution in [2.24, 2.45) is 0 Å². The summed E-state index contributed by atoms with van der Waals surface area (Å²) in [6.45, 7) is 0. The minimum atomic E-state index is -3.75. The van der Waals surface area contributed by atoms with Gasteiger partial charge in [-0.15, -0.1) is 0 Å². The fourth-order valence-electron chi connectivity index (χ4n) is 5.35. The number of anilines is 1. The molecule has 7 heteroatoms. The van der Waals surface area contributed by atoms with Gasteiger partial charge in [-0.05, 0) is 85.8 Å². The van der Waals surface area contributed by atoms with E-state index < -0.39 is 10.2 Å². The molecule has 3 aromatic rings. The minimum absolute atomic E-state index is 0.0276. The van der Waals surface area contributed by atoms with Crippen LogP contribution >= 0.6 is 0 Å². The molecule has 0 heterocycles. The summed E-state index contributed by atoms with van der Waals surface area (Å²) < 4.78 is 36.5. The minimum Gasteiger partial charge on any atom is -0.496 e. The maximum Gasteiger partial charge on any atom is 0.299 e. The van der Waals surface area contributed by atoms with Crippen molar-refractivity contribution in [2.75, 3.05) is 11.8 Å². The molecule has 36 heavy (non-hydrogen) atoms. The molecule has 0 bridgehead atoms. The molecule has 0 atom stereocenters. The number of rotatable bonds is 10. The van der Waals surface area contributed by atoms with Crippen LogP contribution in [0.3, 0.4) is 0 Å². The van der Waals surface area contributed by atoms with Gasteiger partial charge in [-0.2, -0.15) is 18.4 Å². The molecule has 0 aromatic heterocycles. The van der Waals surface area contributed by atoms with E-state index in [0.29, 0.717) is 11.3 Å². The van der Waals surface area contributed by atoms with Crippen LogP contribution in [-0.2, 0) is 22.0 Å². The van der Waals surface area contributed by atoms with E-state index in [1.54, 1.807) is 25.3 Å². The summed E-state index contributed by atoms with van der Waals surface area (Å²) in [5.74, 6) is 0.928. The van der Waals surface area contributed by atoms with E-state index in [-0.39, 0.29) is 11.5 Å². The highest BCUT2D eigenvalue weighted by Crippen LogP contribution is 2.43. The van der Waals surface area contributed by atoms with Crippen molar-refractivity contribution in [3.63, 3.8) is 0 Å². The van der Waals surface area contributed by atoms with E-state index >= 15 is 0 Å². The molecule has 0 radical (unpaired) electrons. The summed E-state index contributed by atoms with van der Waals surface area (Å²) in [5, 5.41) is 9.07. The number of hydrogen-bond donors (Lipinski definition) is 2. The zero-order valence-corrected chi connectivity index (χ0v) is 21.4. The van der Waals surface area contributed by atoms with Crippen molar-refractivity contribution in [3.8, 4) is 11.8 Å². The third-order valence-electron chi connectivity index (χ3n) is 7.19. The summed E-state index contributed by atoms with van der Waals surface area (Å²) in [6.07, 6.45) is 6.38. The smallest absolute Gasteiger partial charge is 0.299 e. The maximum absolute atomic E-state index is 12.8. The highest BCUT2D eigenvalue weighted by Gasteiger charge is 2.37. The molecule has 1 aliphatic rings. The van der Waals surface area contributed by atoms with Crippen molar-refractivity contribution >= 4 is 15.9 Å². The molecule has 1 aliphatic carbocycles. The fraction of sp³-hybridized carbons (Fsp3) is 0.345. The first-order valence-corrected chi connectivity index (χ1v) is 13.9. The molecule has 0 unspecified atom stereocenters. The van der Waals surface area contributed by atoms with Crippen LogP contribution in [0, 0.1) is 11.3 Å². The van der Waals surface area contributed by atoms with Gasteiger partial charge in [0.2, 0.25) is 0 Å². The number of methoxy groups -OCH3 is 1. The van der Waals surface area contributed by atoms with E-state index in [1.165, 1.54) is 17.2 Å². The van der Waals surface area contributed by atoms with Crippen LogP contribution in [0.2, 0.25) is 0 Å². The van der Waals surface area contributed by atoms with E-state index in [2.05, 4.69) is 39.8 Å². The van der Waals surface area contributed by atoms with Crippen molar-refractivity contribution in [2.45, 2.75) is 56.4 Å². The molecular weight excluding hydrogens is 470 g/mol. The van der Waals surface area contributed by atoms with Crippen LogP contribution in [0.25, 0.3) is 0 Å². The van der Waals surface area contributed by atoms with Crippen LogP contribution in [-0.4, -0.2) is 21.6 Å². The lowest BCUT2D eigenvalue weighted by molar-refractivity contribution is 0.241. The highest BCUT2D eigenvalue weighted by atomic mass is 32.2. The number of hydrogen-bond acceptors (Lipinski definition) is 4. The number of aryl methyl sites for hydroxylation is 1. The molecule has 6 nitrogen and oxygen atoms in total. The van der Waals surface area contributed by atoms with E-state index in [1.807, 2.05) is 30.3 Å². The molecule has 188 valence electrons. The molecule has 1 saturated carbocycles. The first kappa shape index (κ1) is 25.7. The Labute approximate surface area is 214 Å². The largest absolute Gasteiger partial charge is 0.496 e. The zero-order chi connectivity index (χ0) is 25.4. The lowest BCUT2D eigenvalue weighted by Gasteiger charge is -2.41. The average molecular weight is 504 g/mol. The number of ether oxygens (including phenoxy) is 1. The summed E-state index contributed by atoms with van der Waals surface area (Å²) in [7, 11) is -2.04. The number of nitrogens with one attached hydrogen (secondary N) is 2. The lowest BCUT2D eigenvalue weighted by Crippen LogP contribution is -2.44. The summed E-state index contributed by atoms with van der Waals surface area (Å²) in [4.78, 5) is 0. The van der Waals surface area contributed by atoms with Gasteiger partial charge in [0, 0.05) is 6.04 Å². The maximum atomic E-state index is 12.8. The Kier molecular flexibility index (Phi) is 8.29. The second-order valence-electron chi connectivity index (χ2n) is 9.50. The molecule has 3 aromatic carbocycles. The number of para-hydroxylation sites is 1. The Morgan fingerprint density at radius 2 is 1.72 bits per heavy atom. The van der Waals surface area contributed by atoms with Crippen molar-refractivity contribution in [1.29, 1.82) is 5.26 Å². The van der Waals surface area contributed by atoms with Gasteiger partial charge in [-0.3, -0.25) is 4.72 Å². The number of nitriles is 1. The first-order valence-electron chi connectivity index (χ1n) is 12.4. The second kappa shape index (κ2) is 11.6. The molecule has 0 amide bonds. The van der Waals surface area contributed by atoms with Gasteiger partial charge in [0.1, 0.15) is 5.75 Å². The van der Waals surface area contributed by atoms with Crippen LogP contribution in [0.1, 0.15) is 55.2 Å². The van der Waals surface area contributed by atoms with Crippen LogP contribution in [0.15, 0.2) is 78.9 Å². The Bertz CT molecular complexity index is 1290. The van der Waals surface area contributed by atoms with Gasteiger partial charge in [0.25, 0.3) is 10.2 Å². The summed E-state index contributed by atoms with van der Waals surface area (Å²) in [5.41, 5.74) is 3.37. The normalized spacial score (nSPS) is 19.8. The number of nitrogens with zero attached hydrogens (tertiary/aromatic N) is 1. The van der Waals surface area contributed by atoms with E-state index in [9.17, 15) is 8.42 Å². The van der Waals surface area contributed by atoms with Gasteiger partial charge in [0.15, 0.2) is 0 Å². The van der Waals surface area contributed by atoms with E-state index in [0.717, 1.165) is 50.7 Å². The Morgan fingerprint density at radius 3 is 2.44 bits per heavy atom. The third-order valence-corrected chi connectivity index (χ3v) is 8.34. The Morgan fingerprint density at radius 1 is 1.00 bits per heavy atom. The zero-order valence-electron chi connectivity index (χ0n) is 20.6. The average Bonchev–Trinajstić information content (AvgIpc) is 2.90. The molecule has 2 N–H and O–H groups in total. The fourth-order valence-corrected chi connectivity index (χ4v) is 6.52.